The van der Waals surface area contributed by atoms with Gasteiger partial charge in [-0.2, -0.15) is 0 Å². The smallest absolute Gasteiger partial charge is 0.0405 e. The summed E-state index contributed by atoms with van der Waals surface area (Å²) in [5.41, 5.74) is 3.03. The summed E-state index contributed by atoms with van der Waals surface area (Å²) in [7, 11) is 2.15. The first-order valence-corrected chi connectivity index (χ1v) is 4.37. The molecule has 0 atom stereocenters. The van der Waals surface area contributed by atoms with E-state index in [-0.39, 0.29) is 0 Å². The monoisotopic (exact) mass is 154 g/mol. The number of nitrogens with zero attached hydrogens (tertiary/aromatic N) is 2. The highest BCUT2D eigenvalue weighted by molar-refractivity contribution is 5.16. The van der Waals surface area contributed by atoms with E-state index >= 15 is 0 Å². The van der Waals surface area contributed by atoms with E-state index in [0.29, 0.717) is 0 Å². The molecule has 0 unspecified atom stereocenters. The van der Waals surface area contributed by atoms with Gasteiger partial charge in [-0.05, 0) is 25.8 Å². The third-order valence-corrected chi connectivity index (χ3v) is 2.32. The highest BCUT2D eigenvalue weighted by atomic mass is 15.6. The number of rotatable bonds is 2. The predicted molar refractivity (Wildman–Crippen MR) is 48.0 cm³/mol. The first kappa shape index (κ1) is 8.60. The van der Waals surface area contributed by atoms with Gasteiger partial charge >= 0.3 is 0 Å². The van der Waals surface area contributed by atoms with Gasteiger partial charge in [0.05, 0.1) is 0 Å². The van der Waals surface area contributed by atoms with Crippen LogP contribution in [0.2, 0.25) is 0 Å². The van der Waals surface area contributed by atoms with Gasteiger partial charge in [0.2, 0.25) is 0 Å². The van der Waals surface area contributed by atoms with Gasteiger partial charge in [0.15, 0.2) is 0 Å². The van der Waals surface area contributed by atoms with Crippen LogP contribution < -0.4 is 0 Å². The molecule has 0 aromatic rings. The van der Waals surface area contributed by atoms with Crippen LogP contribution in [-0.2, 0) is 0 Å². The maximum atomic E-state index is 2.36. The van der Waals surface area contributed by atoms with Gasteiger partial charge in [-0.1, -0.05) is 6.92 Å². The molecule has 2 nitrogen and oxygen atoms in total. The van der Waals surface area contributed by atoms with Crippen LogP contribution in [0.4, 0.5) is 0 Å². The Bertz CT molecular complexity index is 172. The lowest BCUT2D eigenvalue weighted by Gasteiger charge is -2.27. The van der Waals surface area contributed by atoms with Gasteiger partial charge in [-0.25, -0.2) is 5.01 Å². The lowest BCUT2D eigenvalue weighted by molar-refractivity contribution is 0.0734. The summed E-state index contributed by atoms with van der Waals surface area (Å²) in [6, 6.07) is 0. The van der Waals surface area contributed by atoms with Crippen molar-refractivity contribution >= 4 is 0 Å². The lowest BCUT2D eigenvalue weighted by atomic mass is 10.2. The second-order valence-electron chi connectivity index (χ2n) is 3.11. The molecule has 1 heterocycles. The summed E-state index contributed by atoms with van der Waals surface area (Å²) >= 11 is 0. The number of hydrogen-bond acceptors (Lipinski definition) is 2. The van der Waals surface area contributed by atoms with Crippen molar-refractivity contribution < 1.29 is 0 Å². The van der Waals surface area contributed by atoms with Crippen LogP contribution in [0.5, 0.6) is 0 Å². The van der Waals surface area contributed by atoms with Crippen LogP contribution in [-0.4, -0.2) is 30.2 Å². The maximum Gasteiger partial charge on any atom is 0.0405 e. The molecule has 0 aliphatic carbocycles. The second-order valence-corrected chi connectivity index (χ2v) is 3.11. The largest absolute Gasteiger partial charge is 0.310 e. The Hall–Kier alpha value is -0.500. The van der Waals surface area contributed by atoms with Gasteiger partial charge in [0.25, 0.3) is 0 Å². The molecule has 0 bridgehead atoms. The fourth-order valence-corrected chi connectivity index (χ4v) is 1.86. The first-order chi connectivity index (χ1) is 5.20. The van der Waals surface area contributed by atoms with Crippen LogP contribution in [0.15, 0.2) is 11.3 Å². The van der Waals surface area contributed by atoms with Crippen LogP contribution >= 0.6 is 0 Å². The molecule has 0 spiro atoms. The fourth-order valence-electron chi connectivity index (χ4n) is 1.86. The van der Waals surface area contributed by atoms with Crippen molar-refractivity contribution in [3.05, 3.63) is 11.3 Å². The molecular weight excluding hydrogens is 136 g/mol. The minimum atomic E-state index is 1.09. The highest BCUT2D eigenvalue weighted by Crippen LogP contribution is 2.23. The van der Waals surface area contributed by atoms with E-state index in [4.69, 9.17) is 0 Å². The Balaban J connectivity index is 2.76. The summed E-state index contributed by atoms with van der Waals surface area (Å²) in [6.45, 7) is 8.85. The topological polar surface area (TPSA) is 6.48 Å². The third-order valence-electron chi connectivity index (χ3n) is 2.32. The van der Waals surface area contributed by atoms with E-state index in [1.54, 1.807) is 0 Å². The third kappa shape index (κ3) is 1.41. The number of hydrazine groups is 1. The Kier molecular flexibility index (Phi) is 2.55. The molecular formula is C9H18N2. The quantitative estimate of drug-likeness (QED) is 0.599. The Morgan fingerprint density at radius 3 is 2.36 bits per heavy atom. The van der Waals surface area contributed by atoms with Crippen molar-refractivity contribution in [2.75, 3.05) is 20.1 Å². The second kappa shape index (κ2) is 3.26. The van der Waals surface area contributed by atoms with Gasteiger partial charge in [-0.15, -0.1) is 0 Å². The molecule has 0 saturated carbocycles. The summed E-state index contributed by atoms with van der Waals surface area (Å²) in [6.07, 6.45) is 1.16. The van der Waals surface area contributed by atoms with Gasteiger partial charge in [0, 0.05) is 25.8 Å². The van der Waals surface area contributed by atoms with Crippen molar-refractivity contribution in [2.24, 2.45) is 0 Å². The first-order valence-electron chi connectivity index (χ1n) is 4.37. The molecule has 0 aromatic heterocycles. The molecule has 64 valence electrons. The maximum absolute atomic E-state index is 2.36. The van der Waals surface area contributed by atoms with Crippen molar-refractivity contribution in [1.29, 1.82) is 0 Å². The highest BCUT2D eigenvalue weighted by Gasteiger charge is 2.21. The number of allylic oxidation sites excluding steroid dienone is 1. The zero-order chi connectivity index (χ0) is 8.43. The van der Waals surface area contributed by atoms with Crippen LogP contribution in [0.25, 0.3) is 0 Å². The molecule has 0 fully saturated rings. The van der Waals surface area contributed by atoms with Crippen molar-refractivity contribution in [1.82, 2.24) is 10.0 Å². The molecule has 11 heavy (non-hydrogen) atoms. The zero-order valence-electron chi connectivity index (χ0n) is 8.02. The van der Waals surface area contributed by atoms with Crippen LogP contribution in [0, 0.1) is 0 Å². The van der Waals surface area contributed by atoms with E-state index in [1.807, 2.05) is 0 Å². The molecule has 1 aliphatic heterocycles. The predicted octanol–water partition coefficient (Wildman–Crippen LogP) is 1.85. The fraction of sp³-hybridized carbons (Fsp3) is 0.778. The Morgan fingerprint density at radius 2 is 2.00 bits per heavy atom. The molecule has 0 saturated heterocycles. The molecule has 0 N–H and O–H groups in total. The Labute approximate surface area is 69.5 Å². The molecule has 0 radical (unpaired) electrons. The van der Waals surface area contributed by atoms with Gasteiger partial charge in [0.1, 0.15) is 0 Å². The zero-order valence-corrected chi connectivity index (χ0v) is 8.02. The van der Waals surface area contributed by atoms with Gasteiger partial charge in [-0.3, -0.25) is 0 Å². The minimum Gasteiger partial charge on any atom is -0.310 e. The summed E-state index contributed by atoms with van der Waals surface area (Å²) in [5, 5.41) is 4.64. The van der Waals surface area contributed by atoms with Gasteiger partial charge < -0.3 is 5.01 Å². The van der Waals surface area contributed by atoms with Crippen LogP contribution in [0.3, 0.4) is 0 Å². The average molecular weight is 154 g/mol. The van der Waals surface area contributed by atoms with E-state index in [9.17, 15) is 0 Å². The number of likely N-dealkylation sites (N-methyl/N-ethyl adjacent to an activating group) is 1. The molecule has 2 heteroatoms. The molecule has 0 amide bonds. The van der Waals surface area contributed by atoms with E-state index in [2.05, 4.69) is 37.8 Å². The summed E-state index contributed by atoms with van der Waals surface area (Å²) < 4.78 is 0. The SMILES string of the molecule is CCC1=C(C)CN(C)N1CC. The van der Waals surface area contributed by atoms with E-state index < -0.39 is 0 Å². The van der Waals surface area contributed by atoms with Crippen LogP contribution in [0.1, 0.15) is 27.2 Å². The average Bonchev–Trinajstić information content (AvgIpc) is 2.24. The number of hydrogen-bond donors (Lipinski definition) is 0. The molecule has 1 rings (SSSR count). The van der Waals surface area contributed by atoms with E-state index in [0.717, 1.165) is 19.5 Å². The summed E-state index contributed by atoms with van der Waals surface area (Å²) in [4.78, 5) is 0. The normalized spacial score (nSPS) is 20.2. The van der Waals surface area contributed by atoms with E-state index in [1.165, 1.54) is 11.3 Å². The lowest BCUT2D eigenvalue weighted by Crippen LogP contribution is -2.33. The van der Waals surface area contributed by atoms with Crippen molar-refractivity contribution in [3.8, 4) is 0 Å². The standard InChI is InChI=1S/C9H18N2/c1-5-9-8(3)7-10(4)11(9)6-2/h5-7H2,1-4H3. The molecule has 1 aliphatic rings. The minimum absolute atomic E-state index is 1.09. The summed E-state index contributed by atoms with van der Waals surface area (Å²) in [5.74, 6) is 0. The Morgan fingerprint density at radius 1 is 1.36 bits per heavy atom. The molecule has 0 aromatic carbocycles. The van der Waals surface area contributed by atoms with Crippen molar-refractivity contribution in [2.45, 2.75) is 27.2 Å². The van der Waals surface area contributed by atoms with Crippen molar-refractivity contribution in [3.63, 3.8) is 0 Å².